The zero-order valence-electron chi connectivity index (χ0n) is 21.4. The first-order valence-corrected chi connectivity index (χ1v) is 13.8. The maximum atomic E-state index is 14.7. The largest absolute Gasteiger partial charge is 0.358 e. The molecular weight excluding hydrogens is 562 g/mol. The van der Waals surface area contributed by atoms with Crippen LogP contribution in [0, 0.1) is 11.7 Å². The predicted molar refractivity (Wildman–Crippen MR) is 156 cm³/mol. The summed E-state index contributed by atoms with van der Waals surface area (Å²) in [5.41, 5.74) is 1.81. The Bertz CT molecular complexity index is 1800. The van der Waals surface area contributed by atoms with Crippen molar-refractivity contribution in [3.8, 4) is 0 Å². The maximum absolute atomic E-state index is 14.7. The van der Waals surface area contributed by atoms with Crippen molar-refractivity contribution < 1.29 is 18.8 Å². The van der Waals surface area contributed by atoms with Crippen LogP contribution in [0.15, 0.2) is 97.2 Å². The number of anilines is 1. The lowest BCUT2D eigenvalue weighted by atomic mass is 9.62. The molecule has 0 bridgehead atoms. The summed E-state index contributed by atoms with van der Waals surface area (Å²) >= 11 is 12.7. The highest BCUT2D eigenvalue weighted by molar-refractivity contribution is 6.37. The fourth-order valence-corrected chi connectivity index (χ4v) is 7.31. The second-order valence-electron chi connectivity index (χ2n) is 10.4. The van der Waals surface area contributed by atoms with Crippen molar-refractivity contribution >= 4 is 52.4 Å². The highest BCUT2D eigenvalue weighted by Gasteiger charge is 2.70. The Labute approximate surface area is 245 Å². The standard InChI is InChI=1S/C33H21Cl2FN2O3/c34-20-11-14-23(25(35)17-20)30(40)28-27(29(39)19-9-12-21(36)13-10-19)33(24-7-3-4-8-26(24)37-32(33)41)31-22-6-2-1-5-18(22)15-16-38(28)31/h1-17,27-28,31H,(H,37,41)/t27-,28+,31+,33+/m0/s1. The van der Waals surface area contributed by atoms with E-state index in [9.17, 15) is 18.8 Å². The van der Waals surface area contributed by atoms with Crippen LogP contribution in [-0.4, -0.2) is 28.4 Å². The molecule has 1 fully saturated rings. The third-order valence-electron chi connectivity index (χ3n) is 8.45. The van der Waals surface area contributed by atoms with Crippen LogP contribution in [0.25, 0.3) is 6.08 Å². The number of carbonyl (C=O) groups excluding carboxylic acids is 3. The quantitative estimate of drug-likeness (QED) is 0.260. The summed E-state index contributed by atoms with van der Waals surface area (Å²) < 4.78 is 13.9. The molecule has 5 nitrogen and oxygen atoms in total. The van der Waals surface area contributed by atoms with E-state index in [0.29, 0.717) is 16.3 Å². The number of benzene rings is 4. The summed E-state index contributed by atoms with van der Waals surface area (Å²) in [7, 11) is 0. The number of fused-ring (bicyclic) bond motifs is 6. The molecule has 4 aromatic carbocycles. The van der Waals surface area contributed by atoms with Gasteiger partial charge in [-0.25, -0.2) is 4.39 Å². The van der Waals surface area contributed by atoms with E-state index in [1.165, 1.54) is 36.4 Å². The average Bonchev–Trinajstić information content (AvgIpc) is 3.45. The number of para-hydroxylation sites is 1. The lowest BCUT2D eigenvalue weighted by molar-refractivity contribution is -0.122. The molecule has 3 heterocycles. The Morgan fingerprint density at radius 2 is 1.61 bits per heavy atom. The van der Waals surface area contributed by atoms with E-state index in [4.69, 9.17) is 23.2 Å². The van der Waals surface area contributed by atoms with Gasteiger partial charge in [-0.2, -0.15) is 0 Å². The summed E-state index contributed by atoms with van der Waals surface area (Å²) in [6.45, 7) is 0. The average molecular weight is 583 g/mol. The molecule has 202 valence electrons. The van der Waals surface area contributed by atoms with Crippen molar-refractivity contribution in [3.05, 3.63) is 141 Å². The first kappa shape index (κ1) is 25.7. The Morgan fingerprint density at radius 1 is 0.878 bits per heavy atom. The van der Waals surface area contributed by atoms with Gasteiger partial charge in [0.05, 0.1) is 17.0 Å². The Kier molecular flexibility index (Phi) is 5.89. The zero-order chi connectivity index (χ0) is 28.5. The van der Waals surface area contributed by atoms with Gasteiger partial charge in [-0.3, -0.25) is 14.4 Å². The molecular formula is C33H21Cl2FN2O3. The third kappa shape index (κ3) is 3.64. The van der Waals surface area contributed by atoms with Gasteiger partial charge in [-0.15, -0.1) is 0 Å². The highest BCUT2D eigenvalue weighted by atomic mass is 35.5. The highest BCUT2D eigenvalue weighted by Crippen LogP contribution is 2.62. The first-order valence-electron chi connectivity index (χ1n) is 13.1. The smallest absolute Gasteiger partial charge is 0.238 e. The van der Waals surface area contributed by atoms with Crippen LogP contribution in [-0.2, 0) is 10.2 Å². The predicted octanol–water partition coefficient (Wildman–Crippen LogP) is 7.11. The summed E-state index contributed by atoms with van der Waals surface area (Å²) in [6.07, 6.45) is 3.67. The van der Waals surface area contributed by atoms with E-state index in [1.54, 1.807) is 18.3 Å². The van der Waals surface area contributed by atoms with Crippen LogP contribution in [0.2, 0.25) is 10.0 Å². The van der Waals surface area contributed by atoms with Gasteiger partial charge in [0.1, 0.15) is 17.3 Å². The minimum atomic E-state index is -1.48. The van der Waals surface area contributed by atoms with Gasteiger partial charge in [0.2, 0.25) is 5.91 Å². The van der Waals surface area contributed by atoms with Crippen molar-refractivity contribution in [2.75, 3.05) is 5.32 Å². The number of carbonyl (C=O) groups is 3. The van der Waals surface area contributed by atoms with Crippen LogP contribution >= 0.6 is 23.2 Å². The van der Waals surface area contributed by atoms with Crippen LogP contribution in [0.3, 0.4) is 0 Å². The summed E-state index contributed by atoms with van der Waals surface area (Å²) in [4.78, 5) is 45.4. The number of hydrogen-bond donors (Lipinski definition) is 1. The normalized spacial score (nSPS) is 23.6. The Balaban J connectivity index is 1.54. The van der Waals surface area contributed by atoms with Gasteiger partial charge in [0.25, 0.3) is 0 Å². The molecule has 1 spiro atoms. The minimum Gasteiger partial charge on any atom is -0.358 e. The number of halogens is 3. The molecule has 3 aliphatic heterocycles. The lowest BCUT2D eigenvalue weighted by Gasteiger charge is -2.38. The van der Waals surface area contributed by atoms with Gasteiger partial charge >= 0.3 is 0 Å². The van der Waals surface area contributed by atoms with E-state index in [1.807, 2.05) is 53.4 Å². The zero-order valence-corrected chi connectivity index (χ0v) is 22.9. The molecule has 8 heteroatoms. The molecule has 1 saturated heterocycles. The number of Topliss-reactive ketones (excluding diaryl/α,β-unsaturated/α-hetero) is 2. The van der Waals surface area contributed by atoms with E-state index in [0.717, 1.165) is 11.1 Å². The number of rotatable bonds is 4. The number of nitrogens with zero attached hydrogens (tertiary/aromatic N) is 1. The fourth-order valence-electron chi connectivity index (χ4n) is 6.81. The molecule has 0 radical (unpaired) electrons. The molecule has 0 aliphatic carbocycles. The number of hydrogen-bond acceptors (Lipinski definition) is 4. The number of nitrogens with one attached hydrogen (secondary N) is 1. The van der Waals surface area contributed by atoms with Gasteiger partial charge < -0.3 is 10.2 Å². The Morgan fingerprint density at radius 3 is 2.39 bits per heavy atom. The molecule has 41 heavy (non-hydrogen) atoms. The van der Waals surface area contributed by atoms with E-state index in [-0.39, 0.29) is 22.1 Å². The molecule has 4 atom stereocenters. The van der Waals surface area contributed by atoms with Crippen LogP contribution in [0.1, 0.15) is 43.4 Å². The van der Waals surface area contributed by atoms with Crippen molar-refractivity contribution in [2.24, 2.45) is 5.92 Å². The van der Waals surface area contributed by atoms with Crippen molar-refractivity contribution in [2.45, 2.75) is 17.5 Å². The van der Waals surface area contributed by atoms with Gasteiger partial charge in [-0.05, 0) is 71.3 Å². The molecule has 0 aromatic heterocycles. The van der Waals surface area contributed by atoms with Crippen molar-refractivity contribution in [1.82, 2.24) is 4.90 Å². The second-order valence-corrected chi connectivity index (χ2v) is 11.3. The van der Waals surface area contributed by atoms with Gasteiger partial charge in [0.15, 0.2) is 11.6 Å². The van der Waals surface area contributed by atoms with Crippen LogP contribution < -0.4 is 5.32 Å². The molecule has 0 unspecified atom stereocenters. The first-order chi connectivity index (χ1) is 19.8. The lowest BCUT2D eigenvalue weighted by Crippen LogP contribution is -2.49. The van der Waals surface area contributed by atoms with E-state index < -0.39 is 40.8 Å². The third-order valence-corrected chi connectivity index (χ3v) is 8.99. The molecule has 7 rings (SSSR count). The topological polar surface area (TPSA) is 66.5 Å². The molecule has 4 aromatic rings. The Hall–Kier alpha value is -4.26. The van der Waals surface area contributed by atoms with Gasteiger partial charge in [-0.1, -0.05) is 65.7 Å². The van der Waals surface area contributed by atoms with Crippen LogP contribution in [0.4, 0.5) is 10.1 Å². The fraction of sp³-hybridized carbons (Fsp3) is 0.121. The molecule has 1 N–H and O–H groups in total. The van der Waals surface area contributed by atoms with E-state index in [2.05, 4.69) is 5.32 Å². The van der Waals surface area contributed by atoms with Gasteiger partial charge in [0, 0.05) is 28.0 Å². The maximum Gasteiger partial charge on any atom is 0.238 e. The van der Waals surface area contributed by atoms with E-state index >= 15 is 0 Å². The van der Waals surface area contributed by atoms with Crippen LogP contribution in [0.5, 0.6) is 0 Å². The molecule has 1 amide bonds. The van der Waals surface area contributed by atoms with Crippen molar-refractivity contribution in [3.63, 3.8) is 0 Å². The van der Waals surface area contributed by atoms with Crippen molar-refractivity contribution in [1.29, 1.82) is 0 Å². The second kappa shape index (κ2) is 9.40. The molecule has 3 aliphatic rings. The summed E-state index contributed by atoms with van der Waals surface area (Å²) in [5, 5.41) is 3.51. The summed E-state index contributed by atoms with van der Waals surface area (Å²) in [5.74, 6) is -2.93. The monoisotopic (exact) mass is 582 g/mol. The minimum absolute atomic E-state index is 0.144. The number of amides is 1. The SMILES string of the molecule is O=C(c1ccc(F)cc1)[C@@H]1[C@H](C(=O)c2ccc(Cl)cc2Cl)N2C=Cc3ccccc3[C@@H]2[C@]12C(=O)Nc1ccccc12. The summed E-state index contributed by atoms with van der Waals surface area (Å²) in [6, 6.07) is 22.9. The molecule has 0 saturated carbocycles. The number of ketones is 2.